The fourth-order valence-electron chi connectivity index (χ4n) is 0.996. The van der Waals surface area contributed by atoms with Crippen molar-refractivity contribution in [2.24, 2.45) is 0 Å². The van der Waals surface area contributed by atoms with Crippen LogP contribution < -0.4 is 0 Å². The van der Waals surface area contributed by atoms with E-state index in [0.29, 0.717) is 13.1 Å². The van der Waals surface area contributed by atoms with Gasteiger partial charge in [0.1, 0.15) is 0 Å². The second kappa shape index (κ2) is 10.0. The van der Waals surface area contributed by atoms with Gasteiger partial charge in [0.15, 0.2) is 0 Å². The first-order chi connectivity index (χ1) is 7.76. The maximum Gasteiger partial charge on any atom is 0.293 e. The van der Waals surface area contributed by atoms with E-state index >= 15 is 0 Å². The monoisotopic (exact) mass is 226 g/mol. The van der Waals surface area contributed by atoms with Gasteiger partial charge < -0.3 is 9.84 Å². The summed E-state index contributed by atoms with van der Waals surface area (Å²) < 4.78 is 4.15. The highest BCUT2D eigenvalue weighted by atomic mass is 16.5. The largest absolute Gasteiger partial charge is 0.468 e. The Kier molecular flexibility index (Phi) is 9.11. The first kappa shape index (κ1) is 14.5. The molecule has 0 aromatic carbocycles. The molecular formula is C11H18N2O3. The number of carbonyl (C=O) groups excluding carboxylic acids is 1. The van der Waals surface area contributed by atoms with Crippen molar-refractivity contribution in [2.45, 2.75) is 26.7 Å². The molecule has 0 aliphatic rings. The van der Waals surface area contributed by atoms with Gasteiger partial charge in [-0.15, -0.1) is 0 Å². The van der Waals surface area contributed by atoms with Crippen molar-refractivity contribution in [3.63, 3.8) is 0 Å². The highest BCUT2D eigenvalue weighted by molar-refractivity contribution is 5.36. The topological polar surface area (TPSA) is 72.3 Å². The summed E-state index contributed by atoms with van der Waals surface area (Å²) in [6.45, 7) is 4.81. The van der Waals surface area contributed by atoms with Crippen LogP contribution in [-0.2, 0) is 16.0 Å². The van der Waals surface area contributed by atoms with Crippen LogP contribution in [0.15, 0.2) is 12.4 Å². The molecule has 5 nitrogen and oxygen atoms in total. The number of hydrogen-bond acceptors (Lipinski definition) is 5. The quantitative estimate of drug-likeness (QED) is 0.755. The van der Waals surface area contributed by atoms with Crippen molar-refractivity contribution in [1.82, 2.24) is 9.97 Å². The Morgan fingerprint density at radius 2 is 2.12 bits per heavy atom. The first-order valence-electron chi connectivity index (χ1n) is 5.18. The van der Waals surface area contributed by atoms with Crippen molar-refractivity contribution in [1.29, 1.82) is 0 Å². The lowest BCUT2D eigenvalue weighted by atomic mass is 10.2. The average Bonchev–Trinajstić information content (AvgIpc) is 2.30. The normalized spacial score (nSPS) is 8.94. The van der Waals surface area contributed by atoms with Crippen LogP contribution in [0.3, 0.4) is 0 Å². The molecule has 1 heterocycles. The zero-order valence-corrected chi connectivity index (χ0v) is 9.72. The minimum atomic E-state index is 0.218. The van der Waals surface area contributed by atoms with Crippen molar-refractivity contribution in [3.05, 3.63) is 23.8 Å². The van der Waals surface area contributed by atoms with E-state index < -0.39 is 0 Å². The number of hydrogen-bond donors (Lipinski definition) is 1. The van der Waals surface area contributed by atoms with Gasteiger partial charge in [-0.2, -0.15) is 0 Å². The maximum atomic E-state index is 9.18. The van der Waals surface area contributed by atoms with Gasteiger partial charge in [-0.3, -0.25) is 14.8 Å². The molecule has 1 aromatic heterocycles. The number of rotatable bonds is 5. The molecule has 1 aromatic rings. The van der Waals surface area contributed by atoms with E-state index in [1.165, 1.54) is 0 Å². The number of nitrogens with zero attached hydrogens (tertiary/aromatic N) is 2. The lowest BCUT2D eigenvalue weighted by Gasteiger charge is -2.00. The molecule has 0 amide bonds. The van der Waals surface area contributed by atoms with Crippen LogP contribution in [-0.4, -0.2) is 34.8 Å². The van der Waals surface area contributed by atoms with Gasteiger partial charge >= 0.3 is 0 Å². The Bertz CT molecular complexity index is 292. The van der Waals surface area contributed by atoms with E-state index in [1.54, 1.807) is 19.3 Å². The number of aryl methyl sites for hydroxylation is 2. The van der Waals surface area contributed by atoms with Crippen LogP contribution in [0.4, 0.5) is 0 Å². The molecule has 90 valence electrons. The second-order valence-corrected chi connectivity index (χ2v) is 2.97. The highest BCUT2D eigenvalue weighted by Crippen LogP contribution is 2.01. The Hall–Kier alpha value is -1.49. The van der Waals surface area contributed by atoms with E-state index in [0.717, 1.165) is 24.2 Å². The number of carbonyl (C=O) groups is 1. The number of ether oxygens (including phenoxy) is 1. The molecule has 0 saturated heterocycles. The van der Waals surface area contributed by atoms with Gasteiger partial charge in [0.2, 0.25) is 0 Å². The third-order valence-corrected chi connectivity index (χ3v) is 1.79. The summed E-state index contributed by atoms with van der Waals surface area (Å²) in [5, 5.41) is 8.57. The molecule has 0 atom stereocenters. The van der Waals surface area contributed by atoms with E-state index in [2.05, 4.69) is 14.7 Å². The van der Waals surface area contributed by atoms with Crippen LogP contribution >= 0.6 is 0 Å². The summed E-state index contributed by atoms with van der Waals surface area (Å²) in [5.41, 5.74) is 1.95. The number of aliphatic hydroxyl groups excluding tert-OH is 1. The molecule has 0 saturated carbocycles. The number of aromatic nitrogens is 2. The second-order valence-electron chi connectivity index (χ2n) is 2.97. The van der Waals surface area contributed by atoms with E-state index in [-0.39, 0.29) is 6.61 Å². The van der Waals surface area contributed by atoms with Crippen molar-refractivity contribution in [2.75, 3.05) is 13.2 Å². The van der Waals surface area contributed by atoms with Gasteiger partial charge in [-0.1, -0.05) is 0 Å². The van der Waals surface area contributed by atoms with Gasteiger partial charge in [-0.25, -0.2) is 0 Å². The van der Waals surface area contributed by atoms with Gasteiger partial charge in [0.05, 0.1) is 18.0 Å². The summed E-state index contributed by atoms with van der Waals surface area (Å²) >= 11 is 0. The third-order valence-electron chi connectivity index (χ3n) is 1.79. The lowest BCUT2D eigenvalue weighted by Crippen LogP contribution is -1.97. The van der Waals surface area contributed by atoms with Crippen molar-refractivity contribution >= 4 is 6.47 Å². The molecule has 0 unspecified atom stereocenters. The fourth-order valence-corrected chi connectivity index (χ4v) is 0.996. The van der Waals surface area contributed by atoms with E-state index in [1.807, 2.05) is 6.92 Å². The highest BCUT2D eigenvalue weighted by Gasteiger charge is 1.97. The molecule has 16 heavy (non-hydrogen) atoms. The Morgan fingerprint density at radius 1 is 1.44 bits per heavy atom. The molecule has 1 rings (SSSR count). The fraction of sp³-hybridized carbons (Fsp3) is 0.545. The van der Waals surface area contributed by atoms with Crippen LogP contribution in [0.5, 0.6) is 0 Å². The van der Waals surface area contributed by atoms with E-state index in [4.69, 9.17) is 5.11 Å². The average molecular weight is 226 g/mol. The third kappa shape index (κ3) is 6.89. The SMILES string of the molecule is CCOC=O.Cc1nccnc1CCCO. The molecular weight excluding hydrogens is 208 g/mol. The molecule has 0 spiro atoms. The molecule has 0 bridgehead atoms. The Balaban J connectivity index is 0.000000385. The van der Waals surface area contributed by atoms with Crippen molar-refractivity contribution in [3.8, 4) is 0 Å². The molecule has 5 heteroatoms. The Labute approximate surface area is 95.5 Å². The molecule has 0 aliphatic heterocycles. The molecule has 0 radical (unpaired) electrons. The predicted molar refractivity (Wildman–Crippen MR) is 59.9 cm³/mol. The molecule has 1 N–H and O–H groups in total. The predicted octanol–water partition coefficient (Wildman–Crippen LogP) is 0.889. The smallest absolute Gasteiger partial charge is 0.293 e. The summed E-state index contributed by atoms with van der Waals surface area (Å²) in [5.74, 6) is 0. The van der Waals surface area contributed by atoms with Crippen LogP contribution in [0, 0.1) is 6.92 Å². The molecule has 0 fully saturated rings. The Morgan fingerprint density at radius 3 is 2.56 bits per heavy atom. The maximum absolute atomic E-state index is 9.18. The van der Waals surface area contributed by atoms with Gasteiger partial charge in [-0.05, 0) is 26.7 Å². The summed E-state index contributed by atoms with van der Waals surface area (Å²) in [7, 11) is 0. The zero-order valence-electron chi connectivity index (χ0n) is 9.72. The van der Waals surface area contributed by atoms with Crippen LogP contribution in [0.1, 0.15) is 24.7 Å². The summed E-state index contributed by atoms with van der Waals surface area (Å²) in [4.78, 5) is 17.4. The standard InChI is InChI=1S/C8H12N2O.C3H6O2/c1-7-8(3-2-6-11)10-5-4-9-7;1-2-5-3-4/h4-5,11H,2-3,6H2,1H3;3H,2H2,1H3. The minimum absolute atomic E-state index is 0.218. The lowest BCUT2D eigenvalue weighted by molar-refractivity contribution is -0.128. The van der Waals surface area contributed by atoms with E-state index in [9.17, 15) is 4.79 Å². The van der Waals surface area contributed by atoms with Crippen LogP contribution in [0.25, 0.3) is 0 Å². The van der Waals surface area contributed by atoms with Crippen LogP contribution in [0.2, 0.25) is 0 Å². The minimum Gasteiger partial charge on any atom is -0.468 e. The summed E-state index contributed by atoms with van der Waals surface area (Å²) in [6.07, 6.45) is 4.94. The van der Waals surface area contributed by atoms with Crippen molar-refractivity contribution < 1.29 is 14.6 Å². The summed E-state index contributed by atoms with van der Waals surface area (Å²) in [6, 6.07) is 0. The van der Waals surface area contributed by atoms with Gasteiger partial charge in [0.25, 0.3) is 6.47 Å². The first-order valence-corrected chi connectivity index (χ1v) is 5.18. The zero-order chi connectivity index (χ0) is 12.2. The van der Waals surface area contributed by atoms with Gasteiger partial charge in [0, 0.05) is 19.0 Å². The molecule has 0 aliphatic carbocycles. The number of aliphatic hydroxyl groups is 1.